The molecule has 0 aliphatic carbocycles. The van der Waals surface area contributed by atoms with Crippen molar-refractivity contribution in [1.82, 2.24) is 5.32 Å². The van der Waals surface area contributed by atoms with Gasteiger partial charge in [0.15, 0.2) is 0 Å². The van der Waals surface area contributed by atoms with E-state index in [1.54, 1.807) is 0 Å². The maximum Gasteiger partial charge on any atom is 0.0124 e. The lowest BCUT2D eigenvalue weighted by Crippen LogP contribution is -2.38. The molecular weight excluding hydrogens is 170 g/mol. The van der Waals surface area contributed by atoms with Gasteiger partial charge < -0.3 is 5.32 Å². The van der Waals surface area contributed by atoms with E-state index in [0.29, 0.717) is 0 Å². The molecule has 84 valence electrons. The smallest absolute Gasteiger partial charge is 0.0124 e. The van der Waals surface area contributed by atoms with Crippen molar-refractivity contribution >= 4 is 0 Å². The normalized spacial score (nSPS) is 38.6. The van der Waals surface area contributed by atoms with Crippen molar-refractivity contribution in [2.24, 2.45) is 23.7 Å². The summed E-state index contributed by atoms with van der Waals surface area (Å²) in [5, 5.41) is 3.84. The van der Waals surface area contributed by atoms with E-state index in [2.05, 4.69) is 46.9 Å². The second kappa shape index (κ2) is 4.65. The fraction of sp³-hybridized carbons (Fsp3) is 1.00. The quantitative estimate of drug-likeness (QED) is 0.732. The lowest BCUT2D eigenvalue weighted by atomic mass is 9.80. The Balaban J connectivity index is 2.73. The number of hydrogen-bond acceptors (Lipinski definition) is 1. The molecule has 1 aliphatic rings. The Morgan fingerprint density at radius 3 is 1.79 bits per heavy atom. The van der Waals surface area contributed by atoms with Gasteiger partial charge in [0.05, 0.1) is 0 Å². The van der Waals surface area contributed by atoms with Crippen LogP contribution in [0.25, 0.3) is 0 Å². The minimum Gasteiger partial charge on any atom is -0.310 e. The van der Waals surface area contributed by atoms with E-state index < -0.39 is 0 Å². The zero-order valence-electron chi connectivity index (χ0n) is 10.7. The first kappa shape index (κ1) is 12.0. The van der Waals surface area contributed by atoms with Crippen LogP contribution in [-0.4, -0.2) is 12.1 Å². The van der Waals surface area contributed by atoms with E-state index in [0.717, 1.165) is 35.8 Å². The van der Waals surface area contributed by atoms with Gasteiger partial charge >= 0.3 is 0 Å². The molecule has 0 aromatic rings. The van der Waals surface area contributed by atoms with Crippen LogP contribution in [0.4, 0.5) is 0 Å². The summed E-state index contributed by atoms with van der Waals surface area (Å²) >= 11 is 0. The predicted octanol–water partition coefficient (Wildman–Crippen LogP) is 3.30. The van der Waals surface area contributed by atoms with Gasteiger partial charge in [-0.3, -0.25) is 0 Å². The van der Waals surface area contributed by atoms with Crippen molar-refractivity contribution in [2.45, 2.75) is 60.0 Å². The second-order valence-electron chi connectivity index (χ2n) is 5.64. The zero-order chi connectivity index (χ0) is 10.9. The number of rotatable bonds is 3. The Bertz CT molecular complexity index is 174. The molecule has 0 bridgehead atoms. The first-order valence-corrected chi connectivity index (χ1v) is 6.25. The summed E-state index contributed by atoms with van der Waals surface area (Å²) in [7, 11) is 0. The highest BCUT2D eigenvalue weighted by atomic mass is 15.0. The molecule has 1 nitrogen and oxygen atoms in total. The molecule has 1 fully saturated rings. The van der Waals surface area contributed by atoms with Crippen LogP contribution in [0.5, 0.6) is 0 Å². The third-order valence-electron chi connectivity index (χ3n) is 4.00. The molecule has 1 N–H and O–H groups in total. The maximum atomic E-state index is 3.84. The van der Waals surface area contributed by atoms with Gasteiger partial charge in [-0.25, -0.2) is 0 Å². The van der Waals surface area contributed by atoms with Gasteiger partial charge in [-0.15, -0.1) is 0 Å². The van der Waals surface area contributed by atoms with Crippen molar-refractivity contribution in [3.8, 4) is 0 Å². The molecule has 0 amide bonds. The molecule has 0 aromatic heterocycles. The Morgan fingerprint density at radius 1 is 1.00 bits per heavy atom. The molecule has 1 heteroatoms. The van der Waals surface area contributed by atoms with Crippen molar-refractivity contribution in [1.29, 1.82) is 0 Å². The highest BCUT2D eigenvalue weighted by molar-refractivity contribution is 4.97. The molecule has 0 radical (unpaired) electrons. The molecule has 14 heavy (non-hydrogen) atoms. The van der Waals surface area contributed by atoms with E-state index in [4.69, 9.17) is 0 Å². The van der Waals surface area contributed by atoms with E-state index in [1.807, 2.05) is 0 Å². The molecule has 0 aromatic carbocycles. The van der Waals surface area contributed by atoms with Gasteiger partial charge in [-0.1, -0.05) is 48.0 Å². The molecule has 1 aliphatic heterocycles. The number of nitrogens with one attached hydrogen (secondary N) is 1. The Hall–Kier alpha value is -0.0400. The lowest BCUT2D eigenvalue weighted by molar-refractivity contribution is 0.300. The standard InChI is InChI=1S/C13H27N/c1-7-11-10(6)12(8(2)3)14-13(11)9(4)5/h8-14H,7H2,1-6H3. The van der Waals surface area contributed by atoms with Crippen molar-refractivity contribution in [3.05, 3.63) is 0 Å². The summed E-state index contributed by atoms with van der Waals surface area (Å²) < 4.78 is 0. The Kier molecular flexibility index (Phi) is 4.00. The van der Waals surface area contributed by atoms with Crippen LogP contribution < -0.4 is 5.32 Å². The average molecular weight is 197 g/mol. The number of hydrogen-bond donors (Lipinski definition) is 1. The first-order chi connectivity index (χ1) is 6.49. The molecule has 1 rings (SSSR count). The molecule has 1 saturated heterocycles. The van der Waals surface area contributed by atoms with Crippen LogP contribution in [0, 0.1) is 23.7 Å². The third kappa shape index (κ3) is 2.13. The van der Waals surface area contributed by atoms with Crippen molar-refractivity contribution < 1.29 is 0 Å². The van der Waals surface area contributed by atoms with Gasteiger partial charge in [-0.05, 0) is 23.7 Å². The highest BCUT2D eigenvalue weighted by Crippen LogP contribution is 2.35. The maximum absolute atomic E-state index is 3.84. The van der Waals surface area contributed by atoms with Crippen molar-refractivity contribution in [2.75, 3.05) is 0 Å². The van der Waals surface area contributed by atoms with E-state index in [9.17, 15) is 0 Å². The SMILES string of the molecule is CCC1C(C)C(C(C)C)NC1C(C)C. The van der Waals surface area contributed by atoms with Gasteiger partial charge in [0, 0.05) is 12.1 Å². The summed E-state index contributed by atoms with van der Waals surface area (Å²) in [5.41, 5.74) is 0. The molecule has 4 atom stereocenters. The predicted molar refractivity (Wildman–Crippen MR) is 63.3 cm³/mol. The van der Waals surface area contributed by atoms with Crippen LogP contribution in [0.2, 0.25) is 0 Å². The summed E-state index contributed by atoms with van der Waals surface area (Å²) in [6.07, 6.45) is 1.32. The van der Waals surface area contributed by atoms with Crippen molar-refractivity contribution in [3.63, 3.8) is 0 Å². The van der Waals surface area contributed by atoms with Crippen LogP contribution in [0.1, 0.15) is 48.0 Å². The Morgan fingerprint density at radius 2 is 1.50 bits per heavy atom. The fourth-order valence-electron chi connectivity index (χ4n) is 3.20. The summed E-state index contributed by atoms with van der Waals surface area (Å²) in [4.78, 5) is 0. The van der Waals surface area contributed by atoms with Gasteiger partial charge in [0.2, 0.25) is 0 Å². The molecule has 0 spiro atoms. The summed E-state index contributed by atoms with van der Waals surface area (Å²) in [5.74, 6) is 3.25. The van der Waals surface area contributed by atoms with E-state index >= 15 is 0 Å². The van der Waals surface area contributed by atoms with E-state index in [-0.39, 0.29) is 0 Å². The summed E-state index contributed by atoms with van der Waals surface area (Å²) in [6.45, 7) is 14.1. The van der Waals surface area contributed by atoms with Crippen LogP contribution in [-0.2, 0) is 0 Å². The lowest BCUT2D eigenvalue weighted by Gasteiger charge is -2.23. The molecule has 0 saturated carbocycles. The zero-order valence-corrected chi connectivity index (χ0v) is 10.7. The minimum atomic E-state index is 0.729. The van der Waals surface area contributed by atoms with Gasteiger partial charge in [0.25, 0.3) is 0 Å². The largest absolute Gasteiger partial charge is 0.310 e. The van der Waals surface area contributed by atoms with Crippen LogP contribution in [0.3, 0.4) is 0 Å². The monoisotopic (exact) mass is 197 g/mol. The first-order valence-electron chi connectivity index (χ1n) is 6.25. The summed E-state index contributed by atoms with van der Waals surface area (Å²) in [6, 6.07) is 1.47. The molecule has 4 unspecified atom stereocenters. The second-order valence-corrected chi connectivity index (χ2v) is 5.64. The Labute approximate surface area is 89.7 Å². The van der Waals surface area contributed by atoms with Gasteiger partial charge in [0.1, 0.15) is 0 Å². The highest BCUT2D eigenvalue weighted by Gasteiger charge is 2.41. The topological polar surface area (TPSA) is 12.0 Å². The fourth-order valence-corrected chi connectivity index (χ4v) is 3.20. The molecule has 1 heterocycles. The van der Waals surface area contributed by atoms with E-state index in [1.165, 1.54) is 6.42 Å². The van der Waals surface area contributed by atoms with Gasteiger partial charge in [-0.2, -0.15) is 0 Å². The van der Waals surface area contributed by atoms with Crippen LogP contribution >= 0.6 is 0 Å². The van der Waals surface area contributed by atoms with Crippen LogP contribution in [0.15, 0.2) is 0 Å². The molecular formula is C13H27N. The third-order valence-corrected chi connectivity index (χ3v) is 4.00. The minimum absolute atomic E-state index is 0.729. The average Bonchev–Trinajstić information content (AvgIpc) is 2.42.